The molecule has 0 aliphatic carbocycles. The number of methoxy groups -OCH3 is 1. The number of nitrogens with zero attached hydrogens (tertiary/aromatic N) is 3. The fourth-order valence-electron chi connectivity index (χ4n) is 2.83. The van der Waals surface area contributed by atoms with Crippen molar-refractivity contribution in [3.05, 3.63) is 65.5 Å². The lowest BCUT2D eigenvalue weighted by Gasteiger charge is -2.15. The molecule has 3 rings (SSSR count). The fourth-order valence-corrected chi connectivity index (χ4v) is 2.83. The van der Waals surface area contributed by atoms with E-state index >= 15 is 0 Å². The first-order valence-corrected chi connectivity index (χ1v) is 8.81. The summed E-state index contributed by atoms with van der Waals surface area (Å²) in [6.07, 6.45) is 0. The van der Waals surface area contributed by atoms with Gasteiger partial charge in [-0.3, -0.25) is 4.79 Å². The van der Waals surface area contributed by atoms with Crippen LogP contribution in [0.1, 0.15) is 34.7 Å². The van der Waals surface area contributed by atoms with Gasteiger partial charge >= 0.3 is 6.61 Å². The van der Waals surface area contributed by atoms with Crippen molar-refractivity contribution in [1.29, 1.82) is 0 Å². The summed E-state index contributed by atoms with van der Waals surface area (Å²) in [7, 11) is 1.56. The monoisotopic (exact) mass is 402 g/mol. The quantitative estimate of drug-likeness (QED) is 0.652. The van der Waals surface area contributed by atoms with E-state index in [0.29, 0.717) is 22.7 Å². The summed E-state index contributed by atoms with van der Waals surface area (Å²) in [5, 5.41) is 10.8. The highest BCUT2D eigenvalue weighted by atomic mass is 19.3. The highest BCUT2D eigenvalue weighted by Gasteiger charge is 2.20. The summed E-state index contributed by atoms with van der Waals surface area (Å²) in [4.78, 5) is 12.7. The molecule has 0 aliphatic heterocycles. The summed E-state index contributed by atoms with van der Waals surface area (Å²) in [5.41, 5.74) is 2.05. The predicted molar refractivity (Wildman–Crippen MR) is 102 cm³/mol. The zero-order valence-corrected chi connectivity index (χ0v) is 16.1. The van der Waals surface area contributed by atoms with Gasteiger partial charge in [0, 0.05) is 6.07 Å². The maximum absolute atomic E-state index is 12.7. The number of alkyl halides is 2. The maximum atomic E-state index is 12.7. The van der Waals surface area contributed by atoms with Crippen LogP contribution >= 0.6 is 0 Å². The van der Waals surface area contributed by atoms with Crippen LogP contribution in [0.4, 0.5) is 8.78 Å². The van der Waals surface area contributed by atoms with Crippen LogP contribution in [-0.2, 0) is 0 Å². The first kappa shape index (κ1) is 20.2. The first-order valence-electron chi connectivity index (χ1n) is 8.81. The van der Waals surface area contributed by atoms with E-state index in [9.17, 15) is 13.6 Å². The van der Waals surface area contributed by atoms with Crippen molar-refractivity contribution < 1.29 is 23.0 Å². The van der Waals surface area contributed by atoms with Gasteiger partial charge in [0.25, 0.3) is 5.91 Å². The van der Waals surface area contributed by atoms with E-state index in [4.69, 9.17) is 4.74 Å². The molecule has 9 heteroatoms. The molecule has 1 amide bonds. The zero-order valence-electron chi connectivity index (χ0n) is 16.1. The minimum atomic E-state index is -2.91. The molecule has 0 fully saturated rings. The van der Waals surface area contributed by atoms with E-state index in [-0.39, 0.29) is 11.4 Å². The van der Waals surface area contributed by atoms with E-state index in [2.05, 4.69) is 20.4 Å². The van der Waals surface area contributed by atoms with Crippen molar-refractivity contribution in [2.75, 3.05) is 7.11 Å². The third kappa shape index (κ3) is 4.68. The molecule has 0 saturated carbocycles. The van der Waals surface area contributed by atoms with E-state index in [1.54, 1.807) is 49.9 Å². The topological polar surface area (TPSA) is 78.3 Å². The van der Waals surface area contributed by atoms with Crippen LogP contribution in [-0.4, -0.2) is 34.6 Å². The van der Waals surface area contributed by atoms with Crippen LogP contribution in [0.25, 0.3) is 5.69 Å². The van der Waals surface area contributed by atoms with Gasteiger partial charge in [-0.2, -0.15) is 8.78 Å². The summed E-state index contributed by atoms with van der Waals surface area (Å²) >= 11 is 0. The Morgan fingerprint density at radius 2 is 1.86 bits per heavy atom. The third-order valence-corrected chi connectivity index (χ3v) is 4.34. The summed E-state index contributed by atoms with van der Waals surface area (Å²) in [6.45, 7) is 0.557. The molecule has 0 radical (unpaired) electrons. The zero-order chi connectivity index (χ0) is 21.0. The van der Waals surface area contributed by atoms with Crippen LogP contribution in [0.2, 0.25) is 0 Å². The Morgan fingerprint density at radius 1 is 1.14 bits per heavy atom. The highest BCUT2D eigenvalue weighted by Crippen LogP contribution is 2.22. The Labute approximate surface area is 166 Å². The number of carbonyl (C=O) groups is 1. The largest absolute Gasteiger partial charge is 0.497 e. The number of ether oxygens (including phenoxy) is 2. The normalized spacial score (nSPS) is 11.9. The highest BCUT2D eigenvalue weighted by molar-refractivity contribution is 5.93. The molecule has 1 N–H and O–H groups in total. The number of aromatic nitrogens is 3. The average Bonchev–Trinajstić information content (AvgIpc) is 3.09. The van der Waals surface area contributed by atoms with Gasteiger partial charge in [-0.1, -0.05) is 23.4 Å². The predicted octanol–water partition coefficient (Wildman–Crippen LogP) is 3.68. The number of hydrogen-bond donors (Lipinski definition) is 1. The third-order valence-electron chi connectivity index (χ3n) is 4.34. The van der Waals surface area contributed by atoms with E-state index < -0.39 is 18.6 Å². The van der Waals surface area contributed by atoms with Gasteiger partial charge in [0.2, 0.25) is 0 Å². The number of nitrogens with one attached hydrogen (secondary N) is 1. The minimum absolute atomic E-state index is 0.0266. The lowest BCUT2D eigenvalue weighted by atomic mass is 10.1. The van der Waals surface area contributed by atoms with Gasteiger partial charge in [0.05, 0.1) is 24.5 Å². The summed E-state index contributed by atoms with van der Waals surface area (Å²) < 4.78 is 36.0. The van der Waals surface area contributed by atoms with Crippen molar-refractivity contribution >= 4 is 5.91 Å². The number of hydrogen-bond acceptors (Lipinski definition) is 5. The number of rotatable bonds is 7. The summed E-state index contributed by atoms with van der Waals surface area (Å²) in [6, 6.07) is 12.9. The molecule has 29 heavy (non-hydrogen) atoms. The Balaban J connectivity index is 1.77. The van der Waals surface area contributed by atoms with E-state index in [0.717, 1.165) is 0 Å². The van der Waals surface area contributed by atoms with Gasteiger partial charge in [0.1, 0.15) is 11.5 Å². The van der Waals surface area contributed by atoms with Crippen molar-refractivity contribution in [2.45, 2.75) is 26.5 Å². The molecule has 1 unspecified atom stereocenters. The van der Waals surface area contributed by atoms with Crippen LogP contribution in [0, 0.1) is 6.92 Å². The first-order chi connectivity index (χ1) is 13.9. The molecule has 1 heterocycles. The number of amides is 1. The van der Waals surface area contributed by atoms with Crippen LogP contribution in [0.15, 0.2) is 48.5 Å². The minimum Gasteiger partial charge on any atom is -0.497 e. The number of halogens is 2. The molecular weight excluding hydrogens is 382 g/mol. The molecule has 7 nitrogen and oxygen atoms in total. The summed E-state index contributed by atoms with van der Waals surface area (Å²) in [5.74, 6) is 0.256. The molecule has 152 valence electrons. The molecule has 0 bridgehead atoms. The van der Waals surface area contributed by atoms with Crippen molar-refractivity contribution in [3.63, 3.8) is 0 Å². The van der Waals surface area contributed by atoms with Gasteiger partial charge in [-0.25, -0.2) is 4.68 Å². The Kier molecular flexibility index (Phi) is 6.06. The molecule has 0 saturated heterocycles. The van der Waals surface area contributed by atoms with Crippen molar-refractivity contribution in [3.8, 4) is 17.2 Å². The van der Waals surface area contributed by atoms with Gasteiger partial charge < -0.3 is 14.8 Å². The molecule has 0 spiro atoms. The Hall–Kier alpha value is -3.49. The molecule has 1 aromatic heterocycles. The average molecular weight is 402 g/mol. The van der Waals surface area contributed by atoms with Gasteiger partial charge in [-0.05, 0) is 43.7 Å². The van der Waals surface area contributed by atoms with Crippen LogP contribution < -0.4 is 14.8 Å². The van der Waals surface area contributed by atoms with Crippen molar-refractivity contribution in [2.24, 2.45) is 0 Å². The SMILES string of the molecule is COc1cccc(-n2nnc(C(=O)NC(C)c3cccc(OC(F)F)c3)c2C)c1. The fraction of sp³-hybridized carbons (Fsp3) is 0.250. The molecule has 1 atom stereocenters. The Bertz CT molecular complexity index is 1010. The standard InChI is InChI=1S/C20H20F2N4O3/c1-12(14-6-4-9-17(10-14)29-20(21)22)23-19(27)18-13(2)26(25-24-18)15-7-5-8-16(11-15)28-3/h4-12,20H,1-3H3,(H,23,27). The molecule has 3 aromatic rings. The van der Waals surface area contributed by atoms with E-state index in [1.165, 1.54) is 12.1 Å². The second-order valence-corrected chi connectivity index (χ2v) is 6.28. The van der Waals surface area contributed by atoms with Crippen molar-refractivity contribution in [1.82, 2.24) is 20.3 Å². The second-order valence-electron chi connectivity index (χ2n) is 6.28. The van der Waals surface area contributed by atoms with Gasteiger partial charge in [0.15, 0.2) is 5.69 Å². The lowest BCUT2D eigenvalue weighted by Crippen LogP contribution is -2.27. The number of benzene rings is 2. The molecule has 2 aromatic carbocycles. The Morgan fingerprint density at radius 3 is 2.59 bits per heavy atom. The van der Waals surface area contributed by atoms with Crippen LogP contribution in [0.5, 0.6) is 11.5 Å². The smallest absolute Gasteiger partial charge is 0.387 e. The lowest BCUT2D eigenvalue weighted by molar-refractivity contribution is -0.0499. The number of carbonyl (C=O) groups excluding carboxylic acids is 1. The molecule has 0 aliphatic rings. The second kappa shape index (κ2) is 8.68. The van der Waals surface area contributed by atoms with E-state index in [1.807, 2.05) is 12.1 Å². The maximum Gasteiger partial charge on any atom is 0.387 e. The molecular formula is C20H20F2N4O3. The van der Waals surface area contributed by atoms with Gasteiger partial charge in [-0.15, -0.1) is 5.10 Å². The van der Waals surface area contributed by atoms with Crippen LogP contribution in [0.3, 0.4) is 0 Å².